The third kappa shape index (κ3) is 2.27. The lowest BCUT2D eigenvalue weighted by molar-refractivity contribution is 0.421. The Balaban J connectivity index is 1.83. The van der Waals surface area contributed by atoms with Crippen molar-refractivity contribution in [3.63, 3.8) is 0 Å². The smallest absolute Gasteiger partial charge is 0.0177 e. The highest BCUT2D eigenvalue weighted by Gasteiger charge is 2.32. The monoisotopic (exact) mass is 265 g/mol. The van der Waals surface area contributed by atoms with Crippen LogP contribution in [-0.4, -0.2) is 13.1 Å². The van der Waals surface area contributed by atoms with Crippen molar-refractivity contribution in [1.29, 1.82) is 0 Å². The Morgan fingerprint density at radius 1 is 1.05 bits per heavy atom. The third-order valence-electron chi connectivity index (χ3n) is 4.82. The first-order valence-electron chi connectivity index (χ1n) is 7.51. The molecule has 0 aliphatic heterocycles. The molecule has 0 spiro atoms. The quantitative estimate of drug-likeness (QED) is 0.887. The Morgan fingerprint density at radius 2 is 1.75 bits per heavy atom. The fraction of sp³-hybridized carbons (Fsp3) is 0.368. The van der Waals surface area contributed by atoms with E-state index >= 15 is 0 Å². The molecule has 20 heavy (non-hydrogen) atoms. The average molecular weight is 265 g/mol. The molecule has 1 heteroatoms. The van der Waals surface area contributed by atoms with Gasteiger partial charge in [-0.05, 0) is 61.6 Å². The summed E-state index contributed by atoms with van der Waals surface area (Å²) in [5.41, 5.74) is 7.41. The molecular weight excluding hydrogens is 242 g/mol. The summed E-state index contributed by atoms with van der Waals surface area (Å²) >= 11 is 0. The van der Waals surface area contributed by atoms with E-state index in [0.717, 1.165) is 6.42 Å². The van der Waals surface area contributed by atoms with Crippen molar-refractivity contribution >= 4 is 0 Å². The molecule has 1 N–H and O–H groups in total. The van der Waals surface area contributed by atoms with E-state index in [1.807, 2.05) is 0 Å². The van der Waals surface area contributed by atoms with E-state index < -0.39 is 0 Å². The van der Waals surface area contributed by atoms with Gasteiger partial charge in [0.25, 0.3) is 0 Å². The van der Waals surface area contributed by atoms with E-state index in [1.54, 1.807) is 0 Å². The number of nitrogens with one attached hydrogen (secondary N) is 1. The molecule has 3 rings (SSSR count). The van der Waals surface area contributed by atoms with E-state index in [0.29, 0.717) is 12.0 Å². The van der Waals surface area contributed by atoms with Gasteiger partial charge in [-0.2, -0.15) is 0 Å². The highest BCUT2D eigenvalue weighted by atomic mass is 14.9. The maximum absolute atomic E-state index is 3.55. The first kappa shape index (κ1) is 13.4. The summed E-state index contributed by atoms with van der Waals surface area (Å²) in [6.45, 7) is 4.45. The molecule has 0 bridgehead atoms. The lowest BCUT2D eigenvalue weighted by Crippen LogP contribution is -2.40. The molecule has 2 aromatic rings. The van der Waals surface area contributed by atoms with Crippen LogP contribution in [0.5, 0.6) is 0 Å². The first-order valence-corrected chi connectivity index (χ1v) is 7.51. The second kappa shape index (κ2) is 5.41. The van der Waals surface area contributed by atoms with Crippen LogP contribution in [0.2, 0.25) is 0 Å². The van der Waals surface area contributed by atoms with Gasteiger partial charge in [0.05, 0.1) is 0 Å². The minimum Gasteiger partial charge on any atom is -0.316 e. The highest BCUT2D eigenvalue weighted by molar-refractivity contribution is 5.42. The topological polar surface area (TPSA) is 12.0 Å². The zero-order valence-corrected chi connectivity index (χ0v) is 12.6. The molecular formula is C19H23N. The van der Waals surface area contributed by atoms with Crippen LogP contribution in [0.3, 0.4) is 0 Å². The van der Waals surface area contributed by atoms with E-state index in [9.17, 15) is 0 Å². The fourth-order valence-electron chi connectivity index (χ4n) is 3.49. The van der Waals surface area contributed by atoms with E-state index in [4.69, 9.17) is 0 Å². The molecule has 0 radical (unpaired) electrons. The second-order valence-electron chi connectivity index (χ2n) is 5.98. The Hall–Kier alpha value is -1.60. The van der Waals surface area contributed by atoms with Gasteiger partial charge in [-0.25, -0.2) is 0 Å². The van der Waals surface area contributed by atoms with Crippen molar-refractivity contribution in [2.75, 3.05) is 7.05 Å². The molecule has 2 aromatic carbocycles. The number of aryl methyl sites for hydroxylation is 2. The van der Waals surface area contributed by atoms with Crippen molar-refractivity contribution in [1.82, 2.24) is 5.32 Å². The summed E-state index contributed by atoms with van der Waals surface area (Å²) in [7, 11) is 2.10. The Bertz CT molecular complexity index is 595. The van der Waals surface area contributed by atoms with Crippen LogP contribution < -0.4 is 5.32 Å². The second-order valence-corrected chi connectivity index (χ2v) is 5.98. The van der Waals surface area contributed by atoms with Crippen LogP contribution in [0.4, 0.5) is 0 Å². The molecule has 0 aromatic heterocycles. The number of rotatable bonds is 4. The van der Waals surface area contributed by atoms with Crippen molar-refractivity contribution in [2.45, 2.75) is 38.6 Å². The Labute approximate surface area is 122 Å². The van der Waals surface area contributed by atoms with Gasteiger partial charge < -0.3 is 5.32 Å². The first-order chi connectivity index (χ1) is 9.70. The SMILES string of the molecule is CNC(Cc1c(C)cccc1C)C1Cc2ccccc21. The number of benzene rings is 2. The van der Waals surface area contributed by atoms with E-state index in [1.165, 1.54) is 34.2 Å². The molecule has 0 saturated heterocycles. The zero-order valence-electron chi connectivity index (χ0n) is 12.6. The van der Waals surface area contributed by atoms with Gasteiger partial charge in [0, 0.05) is 12.0 Å². The van der Waals surface area contributed by atoms with Crippen molar-refractivity contribution in [2.24, 2.45) is 0 Å². The fourth-order valence-corrected chi connectivity index (χ4v) is 3.49. The van der Waals surface area contributed by atoms with Crippen molar-refractivity contribution in [3.05, 3.63) is 70.3 Å². The summed E-state index contributed by atoms with van der Waals surface area (Å²) in [6, 6.07) is 16.0. The molecule has 1 aliphatic rings. The molecule has 0 saturated carbocycles. The number of hydrogen-bond acceptors (Lipinski definition) is 1. The standard InChI is InChI=1S/C19H23N/c1-13-7-6-8-14(2)17(13)12-19(20-3)18-11-15-9-4-5-10-16(15)18/h4-10,18-20H,11-12H2,1-3H3. The third-order valence-corrected chi connectivity index (χ3v) is 4.82. The lowest BCUT2D eigenvalue weighted by Gasteiger charge is -2.37. The summed E-state index contributed by atoms with van der Waals surface area (Å²) in [6.07, 6.45) is 2.33. The Morgan fingerprint density at radius 3 is 2.40 bits per heavy atom. The molecule has 0 heterocycles. The highest BCUT2D eigenvalue weighted by Crippen LogP contribution is 2.38. The molecule has 2 atom stereocenters. The molecule has 1 aliphatic carbocycles. The lowest BCUT2D eigenvalue weighted by atomic mass is 9.71. The normalized spacial score (nSPS) is 18.2. The van der Waals surface area contributed by atoms with Crippen LogP contribution in [0, 0.1) is 13.8 Å². The zero-order chi connectivity index (χ0) is 14.1. The molecule has 104 valence electrons. The van der Waals surface area contributed by atoms with Crippen LogP contribution in [0.15, 0.2) is 42.5 Å². The van der Waals surface area contributed by atoms with E-state index in [2.05, 4.69) is 68.7 Å². The summed E-state index contributed by atoms with van der Waals surface area (Å²) in [5, 5.41) is 3.55. The van der Waals surface area contributed by atoms with Crippen LogP contribution in [0.25, 0.3) is 0 Å². The predicted molar refractivity (Wildman–Crippen MR) is 85.4 cm³/mol. The largest absolute Gasteiger partial charge is 0.316 e. The minimum absolute atomic E-state index is 0.532. The van der Waals surface area contributed by atoms with Gasteiger partial charge in [-0.15, -0.1) is 0 Å². The van der Waals surface area contributed by atoms with Gasteiger partial charge in [0.2, 0.25) is 0 Å². The average Bonchev–Trinajstić information content (AvgIpc) is 2.42. The van der Waals surface area contributed by atoms with Gasteiger partial charge in [-0.3, -0.25) is 0 Å². The van der Waals surface area contributed by atoms with Gasteiger partial charge in [0.15, 0.2) is 0 Å². The predicted octanol–water partition coefficient (Wildman–Crippen LogP) is 3.77. The van der Waals surface area contributed by atoms with Crippen molar-refractivity contribution < 1.29 is 0 Å². The summed E-state index contributed by atoms with van der Waals surface area (Å²) in [4.78, 5) is 0. The molecule has 2 unspecified atom stereocenters. The molecule has 0 fully saturated rings. The van der Waals surface area contributed by atoms with E-state index in [-0.39, 0.29) is 0 Å². The van der Waals surface area contributed by atoms with Crippen molar-refractivity contribution in [3.8, 4) is 0 Å². The number of hydrogen-bond donors (Lipinski definition) is 1. The number of likely N-dealkylation sites (N-methyl/N-ethyl adjacent to an activating group) is 1. The van der Waals surface area contributed by atoms with Gasteiger partial charge in [-0.1, -0.05) is 42.5 Å². The summed E-state index contributed by atoms with van der Waals surface area (Å²) in [5.74, 6) is 0.662. The van der Waals surface area contributed by atoms with Crippen LogP contribution in [0.1, 0.15) is 33.7 Å². The maximum Gasteiger partial charge on any atom is 0.0177 e. The number of fused-ring (bicyclic) bond motifs is 1. The van der Waals surface area contributed by atoms with Crippen LogP contribution >= 0.6 is 0 Å². The molecule has 1 nitrogen and oxygen atoms in total. The van der Waals surface area contributed by atoms with Crippen LogP contribution in [-0.2, 0) is 12.8 Å². The van der Waals surface area contributed by atoms with Gasteiger partial charge in [0.1, 0.15) is 0 Å². The Kier molecular flexibility index (Phi) is 3.62. The summed E-state index contributed by atoms with van der Waals surface area (Å²) < 4.78 is 0. The maximum atomic E-state index is 3.55. The molecule has 0 amide bonds. The van der Waals surface area contributed by atoms with Gasteiger partial charge >= 0.3 is 0 Å². The minimum atomic E-state index is 0.532.